The Kier molecular flexibility index (Phi) is 3.67. The molecule has 0 saturated carbocycles. The highest BCUT2D eigenvalue weighted by molar-refractivity contribution is 5.76. The van der Waals surface area contributed by atoms with E-state index in [1.54, 1.807) is 0 Å². The first kappa shape index (κ1) is 13.3. The van der Waals surface area contributed by atoms with Crippen molar-refractivity contribution in [2.24, 2.45) is 7.05 Å². The fraction of sp³-hybridized carbons (Fsp3) is 0.0667. The van der Waals surface area contributed by atoms with Crippen LogP contribution >= 0.6 is 0 Å². The van der Waals surface area contributed by atoms with E-state index in [1.807, 2.05) is 49.6 Å². The molecule has 1 aromatic carbocycles. The third kappa shape index (κ3) is 2.25. The molecule has 0 aliphatic heterocycles. The van der Waals surface area contributed by atoms with Crippen LogP contribution in [0.1, 0.15) is 10.4 Å². The SMILES string of the molecule is Cn1c(-c2ccc(C=O)cc2)c[n+]2ccccc12.[Cl-]. The Labute approximate surface area is 117 Å². The van der Waals surface area contributed by atoms with Gasteiger partial charge in [-0.3, -0.25) is 4.79 Å². The Hall–Kier alpha value is -2.13. The molecule has 96 valence electrons. The molecule has 0 spiro atoms. The van der Waals surface area contributed by atoms with Gasteiger partial charge in [0.1, 0.15) is 12.5 Å². The van der Waals surface area contributed by atoms with Crippen LogP contribution in [0.25, 0.3) is 16.9 Å². The third-order valence-corrected chi connectivity index (χ3v) is 3.18. The number of aromatic nitrogens is 2. The molecule has 3 rings (SSSR count). The van der Waals surface area contributed by atoms with Gasteiger partial charge in [-0.1, -0.05) is 18.2 Å². The highest BCUT2D eigenvalue weighted by atomic mass is 35.5. The molecule has 0 aliphatic carbocycles. The van der Waals surface area contributed by atoms with Crippen LogP contribution in [0, 0.1) is 0 Å². The predicted octanol–water partition coefficient (Wildman–Crippen LogP) is -0.753. The Morgan fingerprint density at radius 2 is 1.84 bits per heavy atom. The van der Waals surface area contributed by atoms with E-state index in [2.05, 4.69) is 21.2 Å². The summed E-state index contributed by atoms with van der Waals surface area (Å²) in [5, 5.41) is 0. The number of nitrogens with zero attached hydrogens (tertiary/aromatic N) is 2. The summed E-state index contributed by atoms with van der Waals surface area (Å²) < 4.78 is 4.22. The number of aryl methyl sites for hydroxylation is 1. The lowest BCUT2D eigenvalue weighted by atomic mass is 10.1. The van der Waals surface area contributed by atoms with Crippen LogP contribution in [-0.4, -0.2) is 10.9 Å². The van der Waals surface area contributed by atoms with Crippen molar-refractivity contribution in [3.63, 3.8) is 0 Å². The number of fused-ring (bicyclic) bond motifs is 1. The Balaban J connectivity index is 0.00000133. The van der Waals surface area contributed by atoms with Crippen molar-refractivity contribution in [1.82, 2.24) is 4.57 Å². The number of hydrogen-bond donors (Lipinski definition) is 0. The molecule has 0 saturated heterocycles. The lowest BCUT2D eigenvalue weighted by Crippen LogP contribution is -3.00. The van der Waals surface area contributed by atoms with Crippen molar-refractivity contribution in [2.75, 3.05) is 0 Å². The number of pyridine rings is 1. The van der Waals surface area contributed by atoms with Gasteiger partial charge in [0, 0.05) is 17.2 Å². The van der Waals surface area contributed by atoms with Crippen molar-refractivity contribution in [3.8, 4) is 11.3 Å². The van der Waals surface area contributed by atoms with Gasteiger partial charge in [0.2, 0.25) is 0 Å². The van der Waals surface area contributed by atoms with Crippen molar-refractivity contribution in [1.29, 1.82) is 0 Å². The molecular formula is C15H13ClN2O. The molecule has 4 heteroatoms. The highest BCUT2D eigenvalue weighted by Gasteiger charge is 2.14. The van der Waals surface area contributed by atoms with Crippen LogP contribution in [0.5, 0.6) is 0 Å². The zero-order valence-electron chi connectivity index (χ0n) is 10.5. The summed E-state index contributed by atoms with van der Waals surface area (Å²) >= 11 is 0. The van der Waals surface area contributed by atoms with Gasteiger partial charge >= 0.3 is 0 Å². The molecular weight excluding hydrogens is 260 g/mol. The van der Waals surface area contributed by atoms with E-state index in [0.717, 1.165) is 23.2 Å². The van der Waals surface area contributed by atoms with Crippen molar-refractivity contribution < 1.29 is 21.6 Å². The van der Waals surface area contributed by atoms with Crippen molar-refractivity contribution in [3.05, 3.63) is 60.4 Å². The minimum Gasteiger partial charge on any atom is -1.00 e. The third-order valence-electron chi connectivity index (χ3n) is 3.18. The van der Waals surface area contributed by atoms with Crippen LogP contribution in [0.3, 0.4) is 0 Å². The molecule has 0 amide bonds. The lowest BCUT2D eigenvalue weighted by molar-refractivity contribution is -0.510. The number of benzene rings is 1. The second-order valence-electron chi connectivity index (χ2n) is 4.28. The summed E-state index contributed by atoms with van der Waals surface area (Å²) in [5.74, 6) is 0. The number of carbonyl (C=O) groups is 1. The quantitative estimate of drug-likeness (QED) is 0.445. The van der Waals surface area contributed by atoms with Gasteiger partial charge in [0.25, 0.3) is 5.65 Å². The Morgan fingerprint density at radius 3 is 2.47 bits per heavy atom. The average Bonchev–Trinajstić information content (AvgIpc) is 2.77. The smallest absolute Gasteiger partial charge is 0.286 e. The van der Waals surface area contributed by atoms with Crippen LogP contribution in [-0.2, 0) is 7.05 Å². The normalized spacial score (nSPS) is 10.2. The van der Waals surface area contributed by atoms with Gasteiger partial charge in [-0.15, -0.1) is 0 Å². The molecule has 0 radical (unpaired) electrons. The van der Waals surface area contributed by atoms with Gasteiger partial charge in [0.15, 0.2) is 5.69 Å². The maximum absolute atomic E-state index is 10.7. The maximum atomic E-state index is 10.7. The molecule has 0 aliphatic rings. The average molecular weight is 273 g/mol. The van der Waals surface area contributed by atoms with Gasteiger partial charge in [0.05, 0.1) is 13.2 Å². The molecule has 3 nitrogen and oxygen atoms in total. The molecule has 3 aromatic rings. The fourth-order valence-electron chi connectivity index (χ4n) is 2.18. The van der Waals surface area contributed by atoms with Gasteiger partial charge in [-0.25, -0.2) is 8.97 Å². The summed E-state index contributed by atoms with van der Waals surface area (Å²) in [5.41, 5.74) is 4.06. The van der Waals surface area contributed by atoms with Crippen LogP contribution in [0.2, 0.25) is 0 Å². The van der Waals surface area contributed by atoms with Gasteiger partial charge in [-0.2, -0.15) is 0 Å². The van der Waals surface area contributed by atoms with Crippen molar-refractivity contribution >= 4 is 11.9 Å². The van der Waals surface area contributed by atoms with Crippen LogP contribution in [0.15, 0.2) is 54.9 Å². The minimum absolute atomic E-state index is 0. The van der Waals surface area contributed by atoms with E-state index >= 15 is 0 Å². The maximum Gasteiger partial charge on any atom is 0.286 e. The number of carbonyl (C=O) groups excluding carboxylic acids is 1. The summed E-state index contributed by atoms with van der Waals surface area (Å²) in [6, 6.07) is 13.7. The van der Waals surface area contributed by atoms with E-state index < -0.39 is 0 Å². The van der Waals surface area contributed by atoms with Gasteiger partial charge < -0.3 is 12.4 Å². The summed E-state index contributed by atoms with van der Waals surface area (Å²) in [7, 11) is 2.04. The van der Waals surface area contributed by atoms with E-state index in [4.69, 9.17) is 0 Å². The molecule has 0 fully saturated rings. The molecule has 19 heavy (non-hydrogen) atoms. The van der Waals surface area contributed by atoms with E-state index in [9.17, 15) is 4.79 Å². The number of halogens is 1. The second-order valence-corrected chi connectivity index (χ2v) is 4.28. The largest absolute Gasteiger partial charge is 1.00 e. The topological polar surface area (TPSA) is 26.1 Å². The zero-order chi connectivity index (χ0) is 12.5. The number of hydrogen-bond acceptors (Lipinski definition) is 1. The first-order valence-corrected chi connectivity index (χ1v) is 5.81. The van der Waals surface area contributed by atoms with E-state index in [1.165, 1.54) is 0 Å². The lowest BCUT2D eigenvalue weighted by Gasteiger charge is -1.97. The monoisotopic (exact) mass is 272 g/mol. The Morgan fingerprint density at radius 1 is 1.11 bits per heavy atom. The standard InChI is InChI=1S/C15H13N2O.ClH/c1-16-14(10-17-9-3-2-4-15(16)17)13-7-5-12(11-18)6-8-13;/h2-11H,1H3;1H/q+1;/p-1. The minimum atomic E-state index is 0. The predicted molar refractivity (Wildman–Crippen MR) is 69.4 cm³/mol. The zero-order valence-corrected chi connectivity index (χ0v) is 11.2. The molecule has 2 heterocycles. The van der Waals surface area contributed by atoms with E-state index in [0.29, 0.717) is 5.56 Å². The second kappa shape index (κ2) is 5.24. The molecule has 0 N–H and O–H groups in total. The number of aldehydes is 1. The Bertz CT molecular complexity index is 717. The summed E-state index contributed by atoms with van der Waals surface area (Å²) in [6.45, 7) is 0. The summed E-state index contributed by atoms with van der Waals surface area (Å²) in [4.78, 5) is 10.7. The highest BCUT2D eigenvalue weighted by Crippen LogP contribution is 2.19. The van der Waals surface area contributed by atoms with Crippen LogP contribution in [0.4, 0.5) is 0 Å². The first-order chi connectivity index (χ1) is 8.79. The first-order valence-electron chi connectivity index (χ1n) is 5.81. The van der Waals surface area contributed by atoms with Crippen LogP contribution < -0.4 is 16.8 Å². The number of rotatable bonds is 2. The van der Waals surface area contributed by atoms with Gasteiger partial charge in [-0.05, 0) is 18.2 Å². The molecule has 2 aromatic heterocycles. The molecule has 0 bridgehead atoms. The molecule has 0 atom stereocenters. The fourth-order valence-corrected chi connectivity index (χ4v) is 2.18. The summed E-state index contributed by atoms with van der Waals surface area (Å²) in [6.07, 6.45) is 4.98. The number of imidazole rings is 1. The van der Waals surface area contributed by atoms with Crippen molar-refractivity contribution in [2.45, 2.75) is 0 Å². The van der Waals surface area contributed by atoms with E-state index in [-0.39, 0.29) is 12.4 Å². The molecule has 0 unspecified atom stereocenters.